The second kappa shape index (κ2) is 9.89. The van der Waals surface area contributed by atoms with Gasteiger partial charge in [0.1, 0.15) is 5.75 Å². The summed E-state index contributed by atoms with van der Waals surface area (Å²) in [5.41, 5.74) is 1.18. The summed E-state index contributed by atoms with van der Waals surface area (Å²) < 4.78 is 5.27. The number of aliphatic imine (C=N–C) groups is 1. The molecule has 0 N–H and O–H groups in total. The SMILES string of the molecule is CCCCCCN1C(N2CCN(c3ccc(OC)cc3)CC2)=NC2C1C(=O)N(C)C(=O)N2C. The maximum atomic E-state index is 13.1. The summed E-state index contributed by atoms with van der Waals surface area (Å²) in [7, 11) is 4.99. The van der Waals surface area contributed by atoms with E-state index >= 15 is 0 Å². The predicted octanol–water partition coefficient (Wildman–Crippen LogP) is 2.29. The van der Waals surface area contributed by atoms with Crippen molar-refractivity contribution in [3.63, 3.8) is 0 Å². The molecule has 1 aromatic carbocycles. The fourth-order valence-electron chi connectivity index (χ4n) is 4.92. The quantitative estimate of drug-likeness (QED) is 0.587. The molecule has 2 unspecified atom stereocenters. The van der Waals surface area contributed by atoms with E-state index in [1.807, 2.05) is 12.1 Å². The second-order valence-corrected chi connectivity index (χ2v) is 9.00. The Hall–Kier alpha value is -2.97. The molecule has 0 spiro atoms. The molecule has 9 heteroatoms. The fraction of sp³-hybridized carbons (Fsp3) is 0.625. The Morgan fingerprint density at radius 1 is 0.970 bits per heavy atom. The number of hydrogen-bond donors (Lipinski definition) is 0. The highest BCUT2D eigenvalue weighted by Gasteiger charge is 2.51. The number of benzene rings is 1. The van der Waals surface area contributed by atoms with Gasteiger partial charge in [-0.3, -0.25) is 9.69 Å². The number of imide groups is 1. The van der Waals surface area contributed by atoms with Gasteiger partial charge in [0.05, 0.1) is 7.11 Å². The molecule has 1 aromatic rings. The molecule has 9 nitrogen and oxygen atoms in total. The highest BCUT2D eigenvalue weighted by molar-refractivity contribution is 6.03. The number of unbranched alkanes of at least 4 members (excludes halogenated alkanes) is 3. The van der Waals surface area contributed by atoms with Gasteiger partial charge in [-0.2, -0.15) is 0 Å². The maximum absolute atomic E-state index is 13.1. The molecule has 3 amide bonds. The maximum Gasteiger partial charge on any atom is 0.328 e. The number of rotatable bonds is 7. The van der Waals surface area contributed by atoms with Crippen LogP contribution in [0.25, 0.3) is 0 Å². The van der Waals surface area contributed by atoms with Gasteiger partial charge in [-0.1, -0.05) is 26.2 Å². The number of carbonyl (C=O) groups is 2. The number of likely N-dealkylation sites (N-methyl/N-ethyl adjacent to an activating group) is 2. The van der Waals surface area contributed by atoms with Crippen LogP contribution in [0.5, 0.6) is 5.75 Å². The highest BCUT2D eigenvalue weighted by atomic mass is 16.5. The second-order valence-electron chi connectivity index (χ2n) is 9.00. The third kappa shape index (κ3) is 4.45. The lowest BCUT2D eigenvalue weighted by Gasteiger charge is -2.42. The first-order valence-corrected chi connectivity index (χ1v) is 12.0. The first-order valence-electron chi connectivity index (χ1n) is 12.0. The Kier molecular flexibility index (Phi) is 6.95. The first-order chi connectivity index (χ1) is 16.0. The minimum Gasteiger partial charge on any atom is -0.497 e. The van der Waals surface area contributed by atoms with E-state index in [9.17, 15) is 9.59 Å². The van der Waals surface area contributed by atoms with Crippen molar-refractivity contribution >= 4 is 23.6 Å². The summed E-state index contributed by atoms with van der Waals surface area (Å²) in [5, 5.41) is 0. The molecule has 33 heavy (non-hydrogen) atoms. The standard InChI is InChI=1S/C24H36N6O3/c1-5-6-7-8-13-30-20-21(26(2)24(32)27(3)22(20)31)25-23(30)29-16-14-28(15-17-29)18-9-11-19(33-4)12-10-18/h9-12,20-21H,5-8,13-17H2,1-4H3. The van der Waals surface area contributed by atoms with Gasteiger partial charge >= 0.3 is 6.03 Å². The van der Waals surface area contributed by atoms with Gasteiger partial charge in [0.2, 0.25) is 0 Å². The molecule has 180 valence electrons. The Morgan fingerprint density at radius 3 is 2.27 bits per heavy atom. The number of guanidine groups is 1. The zero-order chi connectivity index (χ0) is 23.5. The summed E-state index contributed by atoms with van der Waals surface area (Å²) in [6, 6.07) is 7.42. The number of amides is 3. The summed E-state index contributed by atoms with van der Waals surface area (Å²) in [4.78, 5) is 40.2. The number of anilines is 1. The van der Waals surface area contributed by atoms with Crippen molar-refractivity contribution in [1.82, 2.24) is 19.6 Å². The summed E-state index contributed by atoms with van der Waals surface area (Å²) in [5.74, 6) is 1.56. The first kappa shape index (κ1) is 23.2. The van der Waals surface area contributed by atoms with E-state index < -0.39 is 12.2 Å². The zero-order valence-electron chi connectivity index (χ0n) is 20.2. The van der Waals surface area contributed by atoms with Crippen LogP contribution in [0.4, 0.5) is 10.5 Å². The third-order valence-electron chi connectivity index (χ3n) is 6.94. The molecule has 0 aromatic heterocycles. The van der Waals surface area contributed by atoms with Crippen LogP contribution in [0, 0.1) is 0 Å². The summed E-state index contributed by atoms with van der Waals surface area (Å²) in [6.45, 7) is 6.34. The fourth-order valence-corrected chi connectivity index (χ4v) is 4.92. The Bertz CT molecular complexity index is 881. The number of ether oxygens (including phenoxy) is 1. The molecule has 0 radical (unpaired) electrons. The average molecular weight is 457 g/mol. The predicted molar refractivity (Wildman–Crippen MR) is 129 cm³/mol. The van der Waals surface area contributed by atoms with Crippen LogP contribution in [-0.4, -0.2) is 104 Å². The van der Waals surface area contributed by atoms with E-state index in [-0.39, 0.29) is 11.9 Å². The molecule has 2 saturated heterocycles. The van der Waals surface area contributed by atoms with E-state index in [4.69, 9.17) is 9.73 Å². The van der Waals surface area contributed by atoms with Gasteiger partial charge < -0.3 is 24.3 Å². The van der Waals surface area contributed by atoms with Crippen LogP contribution in [0.3, 0.4) is 0 Å². The van der Waals surface area contributed by atoms with Gasteiger partial charge in [0.25, 0.3) is 5.91 Å². The average Bonchev–Trinajstić information content (AvgIpc) is 3.24. The molecule has 0 saturated carbocycles. The molecular weight excluding hydrogens is 420 g/mol. The van der Waals surface area contributed by atoms with Crippen molar-refractivity contribution in [2.45, 2.75) is 44.8 Å². The number of piperazine rings is 1. The zero-order valence-corrected chi connectivity index (χ0v) is 20.2. The van der Waals surface area contributed by atoms with E-state index in [2.05, 4.69) is 33.8 Å². The van der Waals surface area contributed by atoms with Gasteiger partial charge in [-0.25, -0.2) is 9.79 Å². The summed E-state index contributed by atoms with van der Waals surface area (Å²) in [6.07, 6.45) is 4.03. The topological polar surface area (TPSA) is 71.9 Å². The van der Waals surface area contributed by atoms with Gasteiger partial charge in [-0.05, 0) is 30.7 Å². The number of urea groups is 1. The molecule has 2 atom stereocenters. The number of nitrogens with zero attached hydrogens (tertiary/aromatic N) is 6. The van der Waals surface area contributed by atoms with Crippen LogP contribution >= 0.6 is 0 Å². The van der Waals surface area contributed by atoms with Crippen molar-refractivity contribution in [3.05, 3.63) is 24.3 Å². The minimum atomic E-state index is -0.456. The van der Waals surface area contributed by atoms with Crippen LogP contribution < -0.4 is 9.64 Å². The minimum absolute atomic E-state index is 0.158. The van der Waals surface area contributed by atoms with Crippen molar-refractivity contribution in [1.29, 1.82) is 0 Å². The van der Waals surface area contributed by atoms with E-state index in [0.717, 1.165) is 57.3 Å². The monoisotopic (exact) mass is 456 g/mol. The molecule has 0 bridgehead atoms. The molecule has 2 fully saturated rings. The van der Waals surface area contributed by atoms with Crippen molar-refractivity contribution < 1.29 is 14.3 Å². The van der Waals surface area contributed by atoms with Crippen LogP contribution in [0.1, 0.15) is 32.6 Å². The van der Waals surface area contributed by atoms with Crippen LogP contribution in [-0.2, 0) is 4.79 Å². The Morgan fingerprint density at radius 2 is 1.64 bits per heavy atom. The van der Waals surface area contributed by atoms with Crippen molar-refractivity contribution in [3.8, 4) is 5.75 Å². The number of methoxy groups -OCH3 is 1. The molecule has 3 aliphatic rings. The highest BCUT2D eigenvalue weighted by Crippen LogP contribution is 2.29. The summed E-state index contributed by atoms with van der Waals surface area (Å²) >= 11 is 0. The largest absolute Gasteiger partial charge is 0.497 e. The van der Waals surface area contributed by atoms with Crippen LogP contribution in [0.15, 0.2) is 29.3 Å². The Labute approximate surface area is 196 Å². The molecular formula is C24H36N6O3. The third-order valence-corrected chi connectivity index (χ3v) is 6.94. The number of carbonyl (C=O) groups excluding carboxylic acids is 2. The molecule has 3 heterocycles. The van der Waals surface area contributed by atoms with Gasteiger partial charge in [0, 0.05) is 52.5 Å². The van der Waals surface area contributed by atoms with E-state index in [0.29, 0.717) is 0 Å². The Balaban J connectivity index is 1.49. The lowest BCUT2D eigenvalue weighted by molar-refractivity contribution is -0.136. The molecule has 3 aliphatic heterocycles. The number of hydrogen-bond acceptors (Lipinski definition) is 7. The normalized spacial score (nSPS) is 23.3. The van der Waals surface area contributed by atoms with E-state index in [1.54, 1.807) is 26.1 Å². The van der Waals surface area contributed by atoms with E-state index in [1.165, 1.54) is 23.4 Å². The lowest BCUT2D eigenvalue weighted by Crippen LogP contribution is -2.65. The van der Waals surface area contributed by atoms with Crippen molar-refractivity contribution in [2.24, 2.45) is 4.99 Å². The number of fused-ring (bicyclic) bond motifs is 1. The van der Waals surface area contributed by atoms with Crippen LogP contribution in [0.2, 0.25) is 0 Å². The van der Waals surface area contributed by atoms with Gasteiger partial charge in [-0.15, -0.1) is 0 Å². The lowest BCUT2D eigenvalue weighted by atomic mass is 10.1. The molecule has 4 rings (SSSR count). The van der Waals surface area contributed by atoms with Crippen molar-refractivity contribution in [2.75, 3.05) is 58.8 Å². The molecule has 0 aliphatic carbocycles. The smallest absolute Gasteiger partial charge is 0.328 e. The van der Waals surface area contributed by atoms with Gasteiger partial charge in [0.15, 0.2) is 18.2 Å².